The van der Waals surface area contributed by atoms with Gasteiger partial charge >= 0.3 is 6.36 Å². The van der Waals surface area contributed by atoms with Gasteiger partial charge in [-0.15, -0.1) is 13.2 Å². The number of hydrogen-bond acceptors (Lipinski definition) is 2. The van der Waals surface area contributed by atoms with Crippen LogP contribution in [0.2, 0.25) is 0 Å². The number of rotatable bonds is 4. The first-order valence-electron chi connectivity index (χ1n) is 6.79. The van der Waals surface area contributed by atoms with Crippen molar-refractivity contribution in [2.75, 3.05) is 13.1 Å². The molecule has 1 aromatic carbocycles. The Morgan fingerprint density at radius 1 is 1.18 bits per heavy atom. The van der Waals surface area contributed by atoms with Crippen molar-refractivity contribution < 1.29 is 26.7 Å². The Kier molecular flexibility index (Phi) is 4.75. The van der Waals surface area contributed by atoms with E-state index in [0.29, 0.717) is 17.7 Å². The normalized spacial score (nSPS) is 19.0. The Bertz CT molecular complexity index is 531. The first kappa shape index (κ1) is 16.7. The molecule has 1 aromatic rings. The van der Waals surface area contributed by atoms with Crippen LogP contribution in [0, 0.1) is 0 Å². The Hall–Kier alpha value is -1.63. The maximum Gasteiger partial charge on any atom is 0.573 e. The third-order valence-electron chi connectivity index (χ3n) is 3.45. The molecule has 1 aliphatic rings. The predicted molar refractivity (Wildman–Crippen MR) is 72.7 cm³/mol. The van der Waals surface area contributed by atoms with Gasteiger partial charge in [0.1, 0.15) is 5.75 Å². The summed E-state index contributed by atoms with van der Waals surface area (Å²) in [6.45, 7) is 4.24. The molecule has 0 spiro atoms. The summed E-state index contributed by atoms with van der Waals surface area (Å²) in [7, 11) is 0. The van der Waals surface area contributed by atoms with Gasteiger partial charge < -0.3 is 4.74 Å². The number of likely N-dealkylation sites (tertiary alicyclic amines) is 1. The lowest BCUT2D eigenvalue weighted by Gasteiger charge is -2.31. The van der Waals surface area contributed by atoms with E-state index in [4.69, 9.17) is 0 Å². The van der Waals surface area contributed by atoms with Crippen LogP contribution in [0.3, 0.4) is 0 Å². The summed E-state index contributed by atoms with van der Waals surface area (Å²) >= 11 is 0. The molecule has 1 heterocycles. The molecule has 0 amide bonds. The monoisotopic (exact) mass is 321 g/mol. The first-order valence-corrected chi connectivity index (χ1v) is 6.79. The van der Waals surface area contributed by atoms with Crippen molar-refractivity contribution in [2.24, 2.45) is 0 Å². The zero-order valence-electron chi connectivity index (χ0n) is 11.8. The minimum atomic E-state index is -4.77. The third kappa shape index (κ3) is 4.98. The number of alkyl halides is 5. The van der Waals surface area contributed by atoms with Gasteiger partial charge in [-0.25, -0.2) is 8.78 Å². The lowest BCUT2D eigenvalue weighted by Crippen LogP contribution is -2.38. The summed E-state index contributed by atoms with van der Waals surface area (Å²) in [5.41, 5.74) is 1.06. The molecule has 0 aromatic heterocycles. The summed E-state index contributed by atoms with van der Waals surface area (Å²) in [6, 6.07) is 4.17. The van der Waals surface area contributed by atoms with Crippen LogP contribution >= 0.6 is 0 Å². The van der Waals surface area contributed by atoms with Crippen molar-refractivity contribution in [1.29, 1.82) is 0 Å². The molecule has 0 bridgehead atoms. The molecule has 1 aliphatic heterocycles. The number of hydrogen-bond donors (Lipinski definition) is 0. The quantitative estimate of drug-likeness (QED) is 0.759. The predicted octanol–water partition coefficient (Wildman–Crippen LogP) is 4.46. The Morgan fingerprint density at radius 2 is 1.82 bits per heavy atom. The summed E-state index contributed by atoms with van der Waals surface area (Å²) in [5.74, 6) is -2.98. The smallest absolute Gasteiger partial charge is 0.406 e. The molecule has 0 atom stereocenters. The van der Waals surface area contributed by atoms with Gasteiger partial charge in [0.05, 0.1) is 0 Å². The summed E-state index contributed by atoms with van der Waals surface area (Å²) in [4.78, 5) is 1.79. The van der Waals surface area contributed by atoms with Crippen molar-refractivity contribution in [2.45, 2.75) is 31.7 Å². The van der Waals surface area contributed by atoms with Crippen LogP contribution in [0.25, 0.3) is 6.08 Å². The number of benzene rings is 1. The Morgan fingerprint density at radius 3 is 2.36 bits per heavy atom. The second kappa shape index (κ2) is 6.24. The fraction of sp³-hybridized carbons (Fsp3) is 0.467. The highest BCUT2D eigenvalue weighted by atomic mass is 19.4. The number of ether oxygens (including phenoxy) is 1. The van der Waals surface area contributed by atoms with Crippen LogP contribution in [0.1, 0.15) is 24.0 Å². The van der Waals surface area contributed by atoms with Crippen molar-refractivity contribution >= 4 is 6.08 Å². The molecule has 2 rings (SSSR count). The van der Waals surface area contributed by atoms with E-state index in [9.17, 15) is 22.0 Å². The molecule has 0 saturated carbocycles. The highest BCUT2D eigenvalue weighted by Gasteiger charge is 2.34. The molecule has 0 unspecified atom stereocenters. The van der Waals surface area contributed by atoms with Gasteiger partial charge in [0.25, 0.3) is 5.92 Å². The minimum Gasteiger partial charge on any atom is -0.406 e. The zero-order valence-corrected chi connectivity index (χ0v) is 11.8. The molecule has 122 valence electrons. The maximum absolute atomic E-state index is 13.1. The second-order valence-corrected chi connectivity index (χ2v) is 5.29. The molecule has 2 nitrogen and oxygen atoms in total. The van der Waals surface area contributed by atoms with Gasteiger partial charge in [0, 0.05) is 32.5 Å². The SMILES string of the molecule is C=Cc1cc(CN2CCC(F)(F)CC2)cc(OC(F)(F)F)c1. The molecule has 0 N–H and O–H groups in total. The van der Waals surface area contributed by atoms with E-state index < -0.39 is 12.3 Å². The summed E-state index contributed by atoms with van der Waals surface area (Å²) in [6.07, 6.45) is -3.83. The zero-order chi connectivity index (χ0) is 16.4. The summed E-state index contributed by atoms with van der Waals surface area (Å²) < 4.78 is 67.1. The van der Waals surface area contributed by atoms with Gasteiger partial charge in [0.15, 0.2) is 0 Å². The van der Waals surface area contributed by atoms with E-state index in [0.717, 1.165) is 0 Å². The van der Waals surface area contributed by atoms with Crippen LogP contribution in [-0.2, 0) is 6.54 Å². The highest BCUT2D eigenvalue weighted by Crippen LogP contribution is 2.30. The summed E-state index contributed by atoms with van der Waals surface area (Å²) in [5, 5.41) is 0. The average molecular weight is 321 g/mol. The van der Waals surface area contributed by atoms with Crippen molar-refractivity contribution in [3.05, 3.63) is 35.9 Å². The Labute approximate surface area is 125 Å². The molecule has 7 heteroatoms. The van der Waals surface area contributed by atoms with Crippen molar-refractivity contribution in [3.63, 3.8) is 0 Å². The number of halogens is 5. The third-order valence-corrected chi connectivity index (χ3v) is 3.45. The molecule has 0 radical (unpaired) electrons. The van der Waals surface area contributed by atoms with Crippen LogP contribution in [0.15, 0.2) is 24.8 Å². The number of nitrogens with zero attached hydrogens (tertiary/aromatic N) is 1. The highest BCUT2D eigenvalue weighted by molar-refractivity contribution is 5.51. The lowest BCUT2D eigenvalue weighted by atomic mass is 10.0. The van der Waals surface area contributed by atoms with Gasteiger partial charge in [-0.1, -0.05) is 18.7 Å². The van der Waals surface area contributed by atoms with Crippen LogP contribution in [-0.4, -0.2) is 30.3 Å². The average Bonchev–Trinajstić information content (AvgIpc) is 2.39. The van der Waals surface area contributed by atoms with Crippen LogP contribution < -0.4 is 4.74 Å². The van der Waals surface area contributed by atoms with Gasteiger partial charge in [0.2, 0.25) is 0 Å². The van der Waals surface area contributed by atoms with Crippen molar-refractivity contribution in [1.82, 2.24) is 4.90 Å². The molecule has 1 fully saturated rings. The first-order chi connectivity index (χ1) is 10.2. The van der Waals surface area contributed by atoms with E-state index in [1.807, 2.05) is 0 Å². The van der Waals surface area contributed by atoms with Gasteiger partial charge in [-0.2, -0.15) is 0 Å². The van der Waals surface area contributed by atoms with Gasteiger partial charge in [-0.05, 0) is 23.3 Å². The Balaban J connectivity index is 2.10. The minimum absolute atomic E-state index is 0.209. The van der Waals surface area contributed by atoms with E-state index in [1.54, 1.807) is 11.0 Å². The molecular formula is C15H16F5NO. The van der Waals surface area contributed by atoms with Crippen LogP contribution in [0.5, 0.6) is 5.75 Å². The largest absolute Gasteiger partial charge is 0.573 e. The fourth-order valence-electron chi connectivity index (χ4n) is 2.38. The maximum atomic E-state index is 13.1. The second-order valence-electron chi connectivity index (χ2n) is 5.29. The van der Waals surface area contributed by atoms with E-state index in [2.05, 4.69) is 11.3 Å². The van der Waals surface area contributed by atoms with Crippen LogP contribution in [0.4, 0.5) is 22.0 Å². The fourth-order valence-corrected chi connectivity index (χ4v) is 2.38. The van der Waals surface area contributed by atoms with Crippen molar-refractivity contribution in [3.8, 4) is 5.75 Å². The van der Waals surface area contributed by atoms with E-state index in [1.165, 1.54) is 18.2 Å². The number of piperidine rings is 1. The topological polar surface area (TPSA) is 12.5 Å². The molecule has 1 saturated heterocycles. The molecule has 0 aliphatic carbocycles. The lowest BCUT2D eigenvalue weighted by molar-refractivity contribution is -0.274. The van der Waals surface area contributed by atoms with E-state index in [-0.39, 0.29) is 31.7 Å². The van der Waals surface area contributed by atoms with E-state index >= 15 is 0 Å². The molecular weight excluding hydrogens is 305 g/mol. The molecule has 22 heavy (non-hydrogen) atoms. The van der Waals surface area contributed by atoms with Gasteiger partial charge in [-0.3, -0.25) is 4.90 Å². The standard InChI is InChI=1S/C15H16F5NO/c1-2-11-7-12(9-13(8-11)22-15(18,19)20)10-21-5-3-14(16,17)4-6-21/h2,7-9H,1,3-6,10H2.